The summed E-state index contributed by atoms with van der Waals surface area (Å²) in [6.45, 7) is 3.11. The first-order valence-electron chi connectivity index (χ1n) is 12.7. The average molecular weight is 656 g/mol. The second-order valence-corrected chi connectivity index (χ2v) is 10.6. The molecule has 1 amide bonds. The molecular weight excluding hydrogens is 632 g/mol. The topological polar surface area (TPSA) is 105 Å². The lowest BCUT2D eigenvalue weighted by atomic mass is 9.69. The fraction of sp³-hybridized carbons (Fsp3) is 0.357. The third kappa shape index (κ3) is 5.94. The molecule has 4 rings (SSSR count). The van der Waals surface area contributed by atoms with Crippen LogP contribution in [0.4, 0.5) is 36.8 Å². The van der Waals surface area contributed by atoms with Crippen molar-refractivity contribution in [2.75, 3.05) is 11.5 Å². The molecule has 2 N–H and O–H groups in total. The normalized spacial score (nSPS) is 19.5. The minimum Gasteiger partial charge on any atom is -0.449 e. The van der Waals surface area contributed by atoms with E-state index in [1.165, 1.54) is 18.5 Å². The van der Waals surface area contributed by atoms with E-state index in [1.54, 1.807) is 19.9 Å². The Morgan fingerprint density at radius 2 is 1.76 bits per heavy atom. The van der Waals surface area contributed by atoms with E-state index in [-0.39, 0.29) is 47.7 Å². The monoisotopic (exact) mass is 655 g/mol. The predicted octanol–water partition coefficient (Wildman–Crippen LogP) is 7.18. The van der Waals surface area contributed by atoms with Gasteiger partial charge in [-0.05, 0) is 83.2 Å². The Bertz CT molecular complexity index is 1520. The summed E-state index contributed by atoms with van der Waals surface area (Å²) >= 11 is 3.22. The van der Waals surface area contributed by atoms with E-state index < -0.39 is 47.1 Å². The number of rotatable bonds is 5. The molecule has 0 bridgehead atoms. The smallest absolute Gasteiger partial charge is 0.416 e. The first kappa shape index (κ1) is 31.2. The molecule has 3 atom stereocenters. The molecule has 0 aliphatic carbocycles. The van der Waals surface area contributed by atoms with Gasteiger partial charge in [-0.2, -0.15) is 31.6 Å². The van der Waals surface area contributed by atoms with E-state index in [0.29, 0.717) is 10.5 Å². The van der Waals surface area contributed by atoms with Gasteiger partial charge < -0.3 is 10.5 Å². The highest BCUT2D eigenvalue weighted by Gasteiger charge is 2.52. The van der Waals surface area contributed by atoms with Crippen LogP contribution in [0.5, 0.6) is 0 Å². The molecule has 14 heteroatoms. The van der Waals surface area contributed by atoms with E-state index in [2.05, 4.69) is 25.9 Å². The lowest BCUT2D eigenvalue weighted by Gasteiger charge is -2.51. The number of nitriles is 1. The van der Waals surface area contributed by atoms with Crippen molar-refractivity contribution in [3.05, 3.63) is 86.9 Å². The van der Waals surface area contributed by atoms with E-state index in [0.717, 1.165) is 29.2 Å². The Labute approximate surface area is 245 Å². The summed E-state index contributed by atoms with van der Waals surface area (Å²) in [7, 11) is 0. The molecule has 3 aromatic rings. The third-order valence-corrected chi connectivity index (χ3v) is 7.66. The van der Waals surface area contributed by atoms with Gasteiger partial charge in [0.2, 0.25) is 0 Å². The van der Waals surface area contributed by atoms with Crippen molar-refractivity contribution in [2.24, 2.45) is 11.7 Å². The molecular formula is C28H24BrF6N5O2. The Balaban J connectivity index is 2.05. The lowest BCUT2D eigenvalue weighted by molar-refractivity contribution is -0.138. The standard InChI is InChI=1S/C28H24BrF6N5O2/c1-3-26(37)21(11-16-9-18(27(30,31)32)5-6-22(16)40(26)25(41)42-4-2)23(24-38-13-20(29)14-39-24)17-7-15(12-36)8-19(10-17)28(33,34)35/h5-10,13-14,21,23H,3-4,11,37H2,1-2H3. The maximum atomic E-state index is 13.9. The molecule has 1 aliphatic rings. The molecule has 0 fully saturated rings. The van der Waals surface area contributed by atoms with Gasteiger partial charge in [0.25, 0.3) is 0 Å². The second-order valence-electron chi connectivity index (χ2n) is 9.72. The SMILES string of the molecule is CCOC(=O)N1c2ccc(C(F)(F)F)cc2CC(C(c2cc(C#N)cc(C(F)(F)F)c2)c2ncc(Br)cn2)C1(N)CC. The summed E-state index contributed by atoms with van der Waals surface area (Å²) < 4.78 is 88.6. The number of carbonyl (C=O) groups excluding carboxylic acids is 1. The number of aromatic nitrogens is 2. The molecule has 42 heavy (non-hydrogen) atoms. The van der Waals surface area contributed by atoms with Crippen molar-refractivity contribution in [1.82, 2.24) is 9.97 Å². The van der Waals surface area contributed by atoms with Crippen LogP contribution in [0, 0.1) is 17.2 Å². The van der Waals surface area contributed by atoms with Crippen LogP contribution in [-0.2, 0) is 23.5 Å². The summed E-state index contributed by atoms with van der Waals surface area (Å²) in [5.74, 6) is -2.27. The van der Waals surface area contributed by atoms with Crippen LogP contribution in [-0.4, -0.2) is 28.3 Å². The molecule has 0 radical (unpaired) electrons. The number of nitrogens with two attached hydrogens (primary N) is 1. The summed E-state index contributed by atoms with van der Waals surface area (Å²) in [6, 6.07) is 7.33. The summed E-state index contributed by atoms with van der Waals surface area (Å²) in [6.07, 6.45) is -7.92. The molecule has 2 aromatic carbocycles. The van der Waals surface area contributed by atoms with Crippen LogP contribution in [0.15, 0.2) is 53.3 Å². The number of nitrogens with zero attached hydrogens (tertiary/aromatic N) is 4. The van der Waals surface area contributed by atoms with Crippen LogP contribution < -0.4 is 10.6 Å². The maximum absolute atomic E-state index is 13.9. The number of carbonyl (C=O) groups is 1. The maximum Gasteiger partial charge on any atom is 0.416 e. The quantitative estimate of drug-likeness (QED) is 0.292. The number of alkyl halides is 6. The minimum atomic E-state index is -4.82. The molecule has 0 spiro atoms. The number of amides is 1. The Morgan fingerprint density at radius 1 is 1.12 bits per heavy atom. The van der Waals surface area contributed by atoms with Crippen molar-refractivity contribution in [1.29, 1.82) is 5.26 Å². The zero-order valence-corrected chi connectivity index (χ0v) is 23.8. The molecule has 0 saturated heterocycles. The number of hydrogen-bond donors (Lipinski definition) is 1. The number of benzene rings is 2. The first-order chi connectivity index (χ1) is 19.6. The molecule has 3 unspecified atom stereocenters. The van der Waals surface area contributed by atoms with E-state index in [9.17, 15) is 36.4 Å². The van der Waals surface area contributed by atoms with Gasteiger partial charge in [0, 0.05) is 18.3 Å². The Morgan fingerprint density at radius 3 is 2.31 bits per heavy atom. The van der Waals surface area contributed by atoms with Crippen molar-refractivity contribution < 1.29 is 35.9 Å². The number of halogens is 7. The van der Waals surface area contributed by atoms with Gasteiger partial charge in [-0.25, -0.2) is 14.8 Å². The van der Waals surface area contributed by atoms with E-state index in [1.807, 2.05) is 0 Å². The van der Waals surface area contributed by atoms with E-state index >= 15 is 0 Å². The van der Waals surface area contributed by atoms with Gasteiger partial charge in [0.15, 0.2) is 0 Å². The van der Waals surface area contributed by atoms with Gasteiger partial charge in [-0.15, -0.1) is 0 Å². The van der Waals surface area contributed by atoms with Gasteiger partial charge in [-0.1, -0.05) is 6.92 Å². The van der Waals surface area contributed by atoms with Gasteiger partial charge in [0.1, 0.15) is 11.5 Å². The Kier molecular flexibility index (Phi) is 8.57. The van der Waals surface area contributed by atoms with Crippen molar-refractivity contribution in [3.8, 4) is 6.07 Å². The van der Waals surface area contributed by atoms with Gasteiger partial charge >= 0.3 is 18.4 Å². The highest BCUT2D eigenvalue weighted by molar-refractivity contribution is 9.10. The molecule has 7 nitrogen and oxygen atoms in total. The third-order valence-electron chi connectivity index (χ3n) is 7.25. The lowest BCUT2D eigenvalue weighted by Crippen LogP contribution is -2.67. The summed E-state index contributed by atoms with van der Waals surface area (Å²) in [5.41, 5.74) is 2.99. The van der Waals surface area contributed by atoms with Gasteiger partial charge in [-0.3, -0.25) is 4.90 Å². The minimum absolute atomic E-state index is 0.00563. The highest BCUT2D eigenvalue weighted by Crippen LogP contribution is 2.49. The zero-order chi connectivity index (χ0) is 31.0. The van der Waals surface area contributed by atoms with Gasteiger partial charge in [0.05, 0.1) is 45.4 Å². The van der Waals surface area contributed by atoms with Crippen LogP contribution in [0.1, 0.15) is 59.8 Å². The van der Waals surface area contributed by atoms with Crippen LogP contribution in [0.3, 0.4) is 0 Å². The number of hydrogen-bond acceptors (Lipinski definition) is 6. The van der Waals surface area contributed by atoms with Crippen LogP contribution >= 0.6 is 15.9 Å². The fourth-order valence-corrected chi connectivity index (χ4v) is 5.54. The Hall–Kier alpha value is -3.70. The molecule has 0 saturated carbocycles. The predicted molar refractivity (Wildman–Crippen MR) is 143 cm³/mol. The number of ether oxygens (including phenoxy) is 1. The summed E-state index contributed by atoms with van der Waals surface area (Å²) in [4.78, 5) is 23.0. The fourth-order valence-electron chi connectivity index (χ4n) is 5.33. The molecule has 222 valence electrons. The van der Waals surface area contributed by atoms with Crippen molar-refractivity contribution >= 4 is 27.7 Å². The highest BCUT2D eigenvalue weighted by atomic mass is 79.9. The van der Waals surface area contributed by atoms with E-state index in [4.69, 9.17) is 10.5 Å². The molecule has 1 aliphatic heterocycles. The molecule has 1 aromatic heterocycles. The first-order valence-corrected chi connectivity index (χ1v) is 13.5. The summed E-state index contributed by atoms with van der Waals surface area (Å²) in [5, 5.41) is 9.56. The van der Waals surface area contributed by atoms with Crippen LogP contribution in [0.25, 0.3) is 0 Å². The number of fused-ring (bicyclic) bond motifs is 1. The zero-order valence-electron chi connectivity index (χ0n) is 22.2. The van der Waals surface area contributed by atoms with Crippen molar-refractivity contribution in [2.45, 2.75) is 50.6 Å². The average Bonchev–Trinajstić information content (AvgIpc) is 2.93. The second kappa shape index (κ2) is 11.5. The van der Waals surface area contributed by atoms with Crippen LogP contribution in [0.2, 0.25) is 0 Å². The molecule has 2 heterocycles. The number of anilines is 1. The van der Waals surface area contributed by atoms with Crippen molar-refractivity contribution in [3.63, 3.8) is 0 Å². The largest absolute Gasteiger partial charge is 0.449 e.